The van der Waals surface area contributed by atoms with Crippen LogP contribution in [-0.4, -0.2) is 17.8 Å². The Morgan fingerprint density at radius 1 is 1.19 bits per heavy atom. The molecule has 2 N–H and O–H groups in total. The minimum Gasteiger partial charge on any atom is -0.395 e. The summed E-state index contributed by atoms with van der Waals surface area (Å²) < 4.78 is 0. The van der Waals surface area contributed by atoms with Crippen LogP contribution in [0.3, 0.4) is 0 Å². The van der Waals surface area contributed by atoms with Gasteiger partial charge >= 0.3 is 0 Å². The van der Waals surface area contributed by atoms with Crippen LogP contribution >= 0.6 is 0 Å². The molecule has 1 aromatic rings. The van der Waals surface area contributed by atoms with Crippen molar-refractivity contribution < 1.29 is 5.11 Å². The van der Waals surface area contributed by atoms with Gasteiger partial charge in [-0.25, -0.2) is 0 Å². The van der Waals surface area contributed by atoms with Crippen molar-refractivity contribution in [1.82, 2.24) is 5.32 Å². The topological polar surface area (TPSA) is 32.3 Å². The molecule has 0 heterocycles. The molecule has 0 radical (unpaired) electrons. The second kappa shape index (κ2) is 6.66. The Labute approximate surface area is 98.7 Å². The molecule has 2 atom stereocenters. The molecule has 2 heteroatoms. The van der Waals surface area contributed by atoms with Gasteiger partial charge in [0, 0.05) is 12.1 Å². The van der Waals surface area contributed by atoms with Gasteiger partial charge in [-0.05, 0) is 30.9 Å². The molecule has 0 saturated heterocycles. The van der Waals surface area contributed by atoms with Crippen LogP contribution in [0.25, 0.3) is 0 Å². The third-order valence-corrected chi connectivity index (χ3v) is 3.09. The second-order valence-corrected chi connectivity index (χ2v) is 4.27. The van der Waals surface area contributed by atoms with E-state index in [-0.39, 0.29) is 12.6 Å². The summed E-state index contributed by atoms with van der Waals surface area (Å²) in [6.45, 7) is 6.59. The molecule has 0 saturated carbocycles. The van der Waals surface area contributed by atoms with E-state index >= 15 is 0 Å². The fourth-order valence-electron chi connectivity index (χ4n) is 1.79. The van der Waals surface area contributed by atoms with Crippen LogP contribution in [0.5, 0.6) is 0 Å². The highest BCUT2D eigenvalue weighted by Crippen LogP contribution is 2.14. The van der Waals surface area contributed by atoms with Gasteiger partial charge in [0.15, 0.2) is 0 Å². The highest BCUT2D eigenvalue weighted by Gasteiger charge is 2.10. The summed E-state index contributed by atoms with van der Waals surface area (Å²) in [5, 5.41) is 12.6. The molecule has 90 valence electrons. The molecule has 0 fully saturated rings. The maximum absolute atomic E-state index is 9.14. The molecule has 0 aromatic heterocycles. The number of hydrogen-bond acceptors (Lipinski definition) is 2. The van der Waals surface area contributed by atoms with Gasteiger partial charge in [0.25, 0.3) is 0 Å². The summed E-state index contributed by atoms with van der Waals surface area (Å²) in [7, 11) is 0. The number of hydrogen-bond donors (Lipinski definition) is 2. The Kier molecular flexibility index (Phi) is 5.50. The van der Waals surface area contributed by atoms with E-state index in [1.807, 2.05) is 0 Å². The largest absolute Gasteiger partial charge is 0.395 e. The van der Waals surface area contributed by atoms with Gasteiger partial charge in [-0.2, -0.15) is 0 Å². The first-order chi connectivity index (χ1) is 7.71. The van der Waals surface area contributed by atoms with Crippen LogP contribution in [0.15, 0.2) is 24.3 Å². The monoisotopic (exact) mass is 221 g/mol. The van der Waals surface area contributed by atoms with Crippen LogP contribution in [0.4, 0.5) is 0 Å². The van der Waals surface area contributed by atoms with Gasteiger partial charge in [-0.15, -0.1) is 0 Å². The standard InChI is InChI=1S/C14H23NO/c1-4-12-6-8-13(9-7-12)11(3)15-14(5-2)10-16/h6-9,11,14-16H,4-5,10H2,1-3H3. The van der Waals surface area contributed by atoms with Gasteiger partial charge in [0.05, 0.1) is 6.61 Å². The van der Waals surface area contributed by atoms with Gasteiger partial charge in [-0.3, -0.25) is 0 Å². The van der Waals surface area contributed by atoms with Crippen LogP contribution in [0.2, 0.25) is 0 Å². The first-order valence-electron chi connectivity index (χ1n) is 6.17. The van der Waals surface area contributed by atoms with E-state index in [0.717, 1.165) is 12.8 Å². The molecule has 2 unspecified atom stereocenters. The lowest BCUT2D eigenvalue weighted by Crippen LogP contribution is -2.33. The molecule has 16 heavy (non-hydrogen) atoms. The van der Waals surface area contributed by atoms with Crippen molar-refractivity contribution in [2.24, 2.45) is 0 Å². The lowest BCUT2D eigenvalue weighted by Gasteiger charge is -2.21. The van der Waals surface area contributed by atoms with E-state index in [1.54, 1.807) is 0 Å². The maximum atomic E-state index is 9.14. The summed E-state index contributed by atoms with van der Waals surface area (Å²) in [5.41, 5.74) is 2.65. The second-order valence-electron chi connectivity index (χ2n) is 4.27. The Balaban J connectivity index is 2.61. The van der Waals surface area contributed by atoms with Gasteiger partial charge in [0.2, 0.25) is 0 Å². The van der Waals surface area contributed by atoms with E-state index in [9.17, 15) is 0 Å². The van der Waals surface area contributed by atoms with Crippen molar-refractivity contribution >= 4 is 0 Å². The summed E-state index contributed by atoms with van der Waals surface area (Å²) in [6, 6.07) is 9.17. The summed E-state index contributed by atoms with van der Waals surface area (Å²) in [5.74, 6) is 0. The fraction of sp³-hybridized carbons (Fsp3) is 0.571. The van der Waals surface area contributed by atoms with E-state index in [0.29, 0.717) is 6.04 Å². The Bertz CT molecular complexity index is 290. The van der Waals surface area contributed by atoms with Crippen molar-refractivity contribution in [2.75, 3.05) is 6.61 Å². The van der Waals surface area contributed by atoms with Crippen molar-refractivity contribution in [3.8, 4) is 0 Å². The fourth-order valence-corrected chi connectivity index (χ4v) is 1.79. The minimum absolute atomic E-state index is 0.195. The molecule has 0 aliphatic carbocycles. The quantitative estimate of drug-likeness (QED) is 0.774. The lowest BCUT2D eigenvalue weighted by atomic mass is 10.0. The number of nitrogens with one attached hydrogen (secondary N) is 1. The van der Waals surface area contributed by atoms with Crippen LogP contribution in [0.1, 0.15) is 44.4 Å². The van der Waals surface area contributed by atoms with Crippen LogP contribution < -0.4 is 5.32 Å². The zero-order valence-electron chi connectivity index (χ0n) is 10.5. The molecular formula is C14H23NO. The number of rotatable bonds is 6. The average molecular weight is 221 g/mol. The van der Waals surface area contributed by atoms with Crippen molar-refractivity contribution in [3.63, 3.8) is 0 Å². The molecule has 0 bridgehead atoms. The Morgan fingerprint density at radius 2 is 1.81 bits per heavy atom. The normalized spacial score (nSPS) is 14.8. The zero-order valence-corrected chi connectivity index (χ0v) is 10.5. The maximum Gasteiger partial charge on any atom is 0.0584 e. The van der Waals surface area contributed by atoms with Gasteiger partial charge in [0.1, 0.15) is 0 Å². The predicted octanol–water partition coefficient (Wildman–Crippen LogP) is 2.67. The molecule has 1 aromatic carbocycles. The SMILES string of the molecule is CCc1ccc(C(C)NC(CC)CO)cc1. The van der Waals surface area contributed by atoms with E-state index < -0.39 is 0 Å². The number of benzene rings is 1. The highest BCUT2D eigenvalue weighted by atomic mass is 16.3. The first-order valence-corrected chi connectivity index (χ1v) is 6.17. The number of aliphatic hydroxyl groups excluding tert-OH is 1. The predicted molar refractivity (Wildman–Crippen MR) is 68.5 cm³/mol. The van der Waals surface area contributed by atoms with Crippen LogP contribution in [0, 0.1) is 0 Å². The van der Waals surface area contributed by atoms with E-state index in [2.05, 4.69) is 50.4 Å². The summed E-state index contributed by atoms with van der Waals surface area (Å²) in [4.78, 5) is 0. The van der Waals surface area contributed by atoms with Gasteiger partial charge < -0.3 is 10.4 Å². The number of aliphatic hydroxyl groups is 1. The Morgan fingerprint density at radius 3 is 2.25 bits per heavy atom. The van der Waals surface area contributed by atoms with E-state index in [4.69, 9.17) is 5.11 Å². The third-order valence-electron chi connectivity index (χ3n) is 3.09. The molecule has 1 rings (SSSR count). The first kappa shape index (κ1) is 13.2. The molecular weight excluding hydrogens is 198 g/mol. The molecule has 0 amide bonds. The molecule has 2 nitrogen and oxygen atoms in total. The zero-order chi connectivity index (χ0) is 12.0. The summed E-state index contributed by atoms with van der Waals surface area (Å²) >= 11 is 0. The minimum atomic E-state index is 0.195. The molecule has 0 aliphatic heterocycles. The lowest BCUT2D eigenvalue weighted by molar-refractivity contribution is 0.230. The summed E-state index contributed by atoms with van der Waals surface area (Å²) in [6.07, 6.45) is 2.03. The average Bonchev–Trinajstić information content (AvgIpc) is 2.35. The number of aryl methyl sites for hydroxylation is 1. The van der Waals surface area contributed by atoms with Crippen molar-refractivity contribution in [1.29, 1.82) is 0 Å². The van der Waals surface area contributed by atoms with Crippen LogP contribution in [-0.2, 0) is 6.42 Å². The highest BCUT2D eigenvalue weighted by molar-refractivity contribution is 5.24. The third kappa shape index (κ3) is 3.62. The van der Waals surface area contributed by atoms with E-state index in [1.165, 1.54) is 11.1 Å². The molecule has 0 spiro atoms. The Hall–Kier alpha value is -0.860. The van der Waals surface area contributed by atoms with Gasteiger partial charge in [-0.1, -0.05) is 38.1 Å². The van der Waals surface area contributed by atoms with Crippen molar-refractivity contribution in [2.45, 2.75) is 45.7 Å². The molecule has 0 aliphatic rings. The smallest absolute Gasteiger partial charge is 0.0584 e. The van der Waals surface area contributed by atoms with Crippen molar-refractivity contribution in [3.05, 3.63) is 35.4 Å².